The molecule has 0 fully saturated rings. The molecule has 2 aromatic rings. The molecule has 0 radical (unpaired) electrons. The molecule has 3 heteroatoms. The Morgan fingerprint density at radius 3 is 2.86 bits per heavy atom. The zero-order valence-electron chi connectivity index (χ0n) is 8.03. The number of esters is 1. The second-order valence-electron chi connectivity index (χ2n) is 3.14. The number of ether oxygens (including phenoxy) is 1. The van der Waals surface area contributed by atoms with E-state index in [9.17, 15) is 4.79 Å². The van der Waals surface area contributed by atoms with E-state index < -0.39 is 0 Å². The van der Waals surface area contributed by atoms with Crippen molar-refractivity contribution < 1.29 is 9.53 Å². The molecule has 1 heterocycles. The number of benzene rings is 1. The van der Waals surface area contributed by atoms with Crippen molar-refractivity contribution in [3.05, 3.63) is 34.7 Å². The average molecular weight is 206 g/mol. The van der Waals surface area contributed by atoms with Crippen LogP contribution in [0.3, 0.4) is 0 Å². The molecule has 72 valence electrons. The Hall–Kier alpha value is -1.35. The van der Waals surface area contributed by atoms with Gasteiger partial charge in [0.15, 0.2) is 0 Å². The van der Waals surface area contributed by atoms with Crippen molar-refractivity contribution in [1.29, 1.82) is 0 Å². The summed E-state index contributed by atoms with van der Waals surface area (Å²) in [5, 5.41) is 1.11. The maximum atomic E-state index is 11.3. The van der Waals surface area contributed by atoms with Crippen LogP contribution in [0.25, 0.3) is 10.1 Å². The summed E-state index contributed by atoms with van der Waals surface area (Å²) in [5.41, 5.74) is 1.20. The van der Waals surface area contributed by atoms with Crippen LogP contribution < -0.4 is 0 Å². The number of thiophene rings is 1. The van der Waals surface area contributed by atoms with Gasteiger partial charge in [-0.25, -0.2) is 4.79 Å². The Labute approximate surface area is 86.1 Å². The van der Waals surface area contributed by atoms with Crippen molar-refractivity contribution in [2.75, 3.05) is 7.11 Å². The van der Waals surface area contributed by atoms with E-state index in [1.807, 2.05) is 25.1 Å². The Morgan fingerprint density at radius 1 is 1.36 bits per heavy atom. The average Bonchev–Trinajstić information content (AvgIpc) is 2.59. The first-order chi connectivity index (χ1) is 6.70. The Balaban J connectivity index is 2.56. The number of hydrogen-bond donors (Lipinski definition) is 0. The van der Waals surface area contributed by atoms with Gasteiger partial charge >= 0.3 is 5.97 Å². The number of carbonyl (C=O) groups is 1. The fourth-order valence-corrected chi connectivity index (χ4v) is 2.33. The summed E-state index contributed by atoms with van der Waals surface area (Å²) in [6, 6.07) is 8.01. The lowest BCUT2D eigenvalue weighted by Gasteiger charge is -1.90. The standard InChI is InChI=1S/C11H10O2S/c1-7-3-4-9-8(5-7)6-10(14-9)11(12)13-2/h3-6H,1-2H3. The van der Waals surface area contributed by atoms with Crippen molar-refractivity contribution in [2.45, 2.75) is 6.92 Å². The second kappa shape index (κ2) is 3.42. The van der Waals surface area contributed by atoms with Gasteiger partial charge in [-0.1, -0.05) is 17.7 Å². The molecule has 0 bridgehead atoms. The van der Waals surface area contributed by atoms with Crippen molar-refractivity contribution in [1.82, 2.24) is 0 Å². The minimum absolute atomic E-state index is 0.260. The van der Waals surface area contributed by atoms with E-state index >= 15 is 0 Å². The maximum Gasteiger partial charge on any atom is 0.348 e. The lowest BCUT2D eigenvalue weighted by atomic mass is 10.2. The first kappa shape index (κ1) is 9.21. The van der Waals surface area contributed by atoms with E-state index in [0.717, 1.165) is 10.1 Å². The van der Waals surface area contributed by atoms with Gasteiger partial charge < -0.3 is 4.74 Å². The molecule has 1 aromatic carbocycles. The zero-order chi connectivity index (χ0) is 10.1. The number of rotatable bonds is 1. The molecule has 0 N–H and O–H groups in total. The SMILES string of the molecule is COC(=O)c1cc2cc(C)ccc2s1. The summed E-state index contributed by atoms with van der Waals surface area (Å²) in [6.07, 6.45) is 0. The van der Waals surface area contributed by atoms with Gasteiger partial charge in [-0.3, -0.25) is 0 Å². The Morgan fingerprint density at radius 2 is 2.14 bits per heavy atom. The molecule has 0 atom stereocenters. The van der Waals surface area contributed by atoms with Crippen molar-refractivity contribution >= 4 is 27.4 Å². The number of methoxy groups -OCH3 is 1. The van der Waals surface area contributed by atoms with E-state index in [2.05, 4.69) is 10.8 Å². The topological polar surface area (TPSA) is 26.3 Å². The maximum absolute atomic E-state index is 11.3. The zero-order valence-corrected chi connectivity index (χ0v) is 8.85. The molecule has 1 aromatic heterocycles. The van der Waals surface area contributed by atoms with E-state index in [1.54, 1.807) is 0 Å². The number of hydrogen-bond acceptors (Lipinski definition) is 3. The summed E-state index contributed by atoms with van der Waals surface area (Å²) in [6.45, 7) is 2.04. The molecule has 2 nitrogen and oxygen atoms in total. The second-order valence-corrected chi connectivity index (χ2v) is 4.23. The molecule has 2 rings (SSSR count). The smallest absolute Gasteiger partial charge is 0.348 e. The van der Waals surface area contributed by atoms with Crippen LogP contribution in [-0.4, -0.2) is 13.1 Å². The van der Waals surface area contributed by atoms with Crippen LogP contribution in [0.4, 0.5) is 0 Å². The van der Waals surface area contributed by atoms with E-state index in [1.165, 1.54) is 24.0 Å². The molecule has 0 saturated carbocycles. The van der Waals surface area contributed by atoms with Gasteiger partial charge in [-0.2, -0.15) is 0 Å². The summed E-state index contributed by atoms with van der Waals surface area (Å²) in [5.74, 6) is -0.260. The molecule has 0 unspecified atom stereocenters. The Bertz CT molecular complexity index is 485. The van der Waals surface area contributed by atoms with Gasteiger partial charge in [0.05, 0.1) is 7.11 Å². The predicted octanol–water partition coefficient (Wildman–Crippen LogP) is 3.00. The van der Waals surface area contributed by atoms with Gasteiger partial charge in [0.2, 0.25) is 0 Å². The molecule has 0 spiro atoms. The van der Waals surface area contributed by atoms with Crippen molar-refractivity contribution in [3.63, 3.8) is 0 Å². The van der Waals surface area contributed by atoms with E-state index in [-0.39, 0.29) is 5.97 Å². The van der Waals surface area contributed by atoms with E-state index in [4.69, 9.17) is 0 Å². The lowest BCUT2D eigenvalue weighted by Crippen LogP contribution is -1.96. The van der Waals surface area contributed by atoms with Crippen molar-refractivity contribution in [2.24, 2.45) is 0 Å². The molecule has 0 aliphatic rings. The first-order valence-corrected chi connectivity index (χ1v) is 5.11. The molecule has 0 aliphatic carbocycles. The minimum atomic E-state index is -0.260. The molecular formula is C11H10O2S. The first-order valence-electron chi connectivity index (χ1n) is 4.29. The lowest BCUT2D eigenvalue weighted by molar-refractivity contribution is 0.0606. The van der Waals surface area contributed by atoms with Gasteiger partial charge in [0, 0.05) is 4.70 Å². The predicted molar refractivity (Wildman–Crippen MR) is 57.9 cm³/mol. The highest BCUT2D eigenvalue weighted by atomic mass is 32.1. The monoisotopic (exact) mass is 206 g/mol. The molecule has 0 aliphatic heterocycles. The van der Waals surface area contributed by atoms with Gasteiger partial charge in [-0.15, -0.1) is 11.3 Å². The van der Waals surface area contributed by atoms with Crippen LogP contribution in [0.5, 0.6) is 0 Å². The van der Waals surface area contributed by atoms with Crippen LogP contribution in [0.2, 0.25) is 0 Å². The Kier molecular flexibility index (Phi) is 2.25. The molecule has 0 saturated heterocycles. The largest absolute Gasteiger partial charge is 0.465 e. The normalized spacial score (nSPS) is 10.4. The van der Waals surface area contributed by atoms with Crippen LogP contribution >= 0.6 is 11.3 Å². The van der Waals surface area contributed by atoms with Crippen LogP contribution in [0.15, 0.2) is 24.3 Å². The van der Waals surface area contributed by atoms with Crippen LogP contribution in [0.1, 0.15) is 15.2 Å². The number of fused-ring (bicyclic) bond motifs is 1. The van der Waals surface area contributed by atoms with Crippen molar-refractivity contribution in [3.8, 4) is 0 Å². The highest BCUT2D eigenvalue weighted by Gasteiger charge is 2.09. The summed E-state index contributed by atoms with van der Waals surface area (Å²) >= 11 is 1.46. The van der Waals surface area contributed by atoms with Gasteiger partial charge in [0.25, 0.3) is 0 Å². The van der Waals surface area contributed by atoms with Crippen LogP contribution in [-0.2, 0) is 4.74 Å². The van der Waals surface area contributed by atoms with Gasteiger partial charge in [-0.05, 0) is 24.4 Å². The third-order valence-corrected chi connectivity index (χ3v) is 3.15. The van der Waals surface area contributed by atoms with Gasteiger partial charge in [0.1, 0.15) is 4.88 Å². The molecule has 14 heavy (non-hydrogen) atoms. The fraction of sp³-hybridized carbons (Fsp3) is 0.182. The highest BCUT2D eigenvalue weighted by Crippen LogP contribution is 2.26. The summed E-state index contributed by atoms with van der Waals surface area (Å²) < 4.78 is 5.79. The fourth-order valence-electron chi connectivity index (χ4n) is 1.36. The quantitative estimate of drug-likeness (QED) is 0.670. The molecular weight excluding hydrogens is 196 g/mol. The highest BCUT2D eigenvalue weighted by molar-refractivity contribution is 7.20. The van der Waals surface area contributed by atoms with E-state index in [0.29, 0.717) is 4.88 Å². The third-order valence-electron chi connectivity index (χ3n) is 2.06. The number of carbonyl (C=O) groups excluding carboxylic acids is 1. The number of aryl methyl sites for hydroxylation is 1. The summed E-state index contributed by atoms with van der Waals surface area (Å²) in [7, 11) is 1.40. The van der Waals surface area contributed by atoms with Crippen LogP contribution in [0, 0.1) is 6.92 Å². The molecule has 0 amide bonds. The third kappa shape index (κ3) is 1.51. The summed E-state index contributed by atoms with van der Waals surface area (Å²) in [4.78, 5) is 11.9. The minimum Gasteiger partial charge on any atom is -0.465 e.